The fourth-order valence-corrected chi connectivity index (χ4v) is 4.16. The van der Waals surface area contributed by atoms with Gasteiger partial charge in [0.2, 0.25) is 0 Å². The molecule has 0 saturated carbocycles. The Bertz CT molecular complexity index is 994. The van der Waals surface area contributed by atoms with Gasteiger partial charge in [0.1, 0.15) is 11.3 Å². The zero-order valence-electron chi connectivity index (χ0n) is 14.6. The first-order valence-electron chi connectivity index (χ1n) is 8.23. The maximum absolute atomic E-state index is 12.7. The van der Waals surface area contributed by atoms with Crippen LogP contribution in [0.25, 0.3) is 10.2 Å². The second kappa shape index (κ2) is 8.62. The third kappa shape index (κ3) is 3.90. The monoisotopic (exact) mass is 434 g/mol. The third-order valence-electron chi connectivity index (χ3n) is 3.85. The number of hydrogen-bond donors (Lipinski definition) is 0. The van der Waals surface area contributed by atoms with Crippen LogP contribution in [0, 0.1) is 0 Å². The van der Waals surface area contributed by atoms with Gasteiger partial charge in [-0.2, -0.15) is 4.99 Å². The summed E-state index contributed by atoms with van der Waals surface area (Å²) in [6.45, 7) is 3.73. The van der Waals surface area contributed by atoms with Crippen molar-refractivity contribution in [2.24, 2.45) is 4.99 Å². The van der Waals surface area contributed by atoms with Crippen LogP contribution < -0.4 is 9.54 Å². The molecule has 0 aliphatic carbocycles. The van der Waals surface area contributed by atoms with Crippen LogP contribution in [0.5, 0.6) is 5.75 Å². The molecule has 0 unspecified atom stereocenters. The number of para-hydroxylation sites is 1. The van der Waals surface area contributed by atoms with Crippen LogP contribution in [0.2, 0.25) is 0 Å². The lowest BCUT2D eigenvalue weighted by atomic mass is 10.2. The van der Waals surface area contributed by atoms with Gasteiger partial charge in [-0.3, -0.25) is 4.79 Å². The van der Waals surface area contributed by atoms with E-state index >= 15 is 0 Å². The van der Waals surface area contributed by atoms with Crippen molar-refractivity contribution >= 4 is 43.4 Å². The Hall–Kier alpha value is -1.96. The van der Waals surface area contributed by atoms with E-state index in [1.165, 1.54) is 11.3 Å². The van der Waals surface area contributed by atoms with E-state index in [-0.39, 0.29) is 5.91 Å². The number of carbonyl (C=O) groups excluding carboxylic acids is 1. The minimum Gasteiger partial charge on any atom is -0.495 e. The number of carbonyl (C=O) groups is 1. The summed E-state index contributed by atoms with van der Waals surface area (Å²) in [5, 5.41) is 0. The molecule has 2 aromatic carbocycles. The smallest absolute Gasteiger partial charge is 0.280 e. The van der Waals surface area contributed by atoms with Crippen LogP contribution in [-0.2, 0) is 11.3 Å². The molecule has 0 spiro atoms. The van der Waals surface area contributed by atoms with E-state index in [1.54, 1.807) is 13.2 Å². The number of hydrogen-bond acceptors (Lipinski definition) is 4. The van der Waals surface area contributed by atoms with E-state index in [2.05, 4.69) is 20.9 Å². The molecule has 1 aromatic heterocycles. The molecule has 1 amide bonds. The fraction of sp³-hybridized carbons (Fsp3) is 0.263. The highest BCUT2D eigenvalue weighted by Crippen LogP contribution is 2.27. The largest absolute Gasteiger partial charge is 0.495 e. The Kier molecular flexibility index (Phi) is 6.24. The van der Waals surface area contributed by atoms with E-state index in [1.807, 2.05) is 47.9 Å². The number of benzene rings is 2. The van der Waals surface area contributed by atoms with Gasteiger partial charge in [0.15, 0.2) is 4.80 Å². The van der Waals surface area contributed by atoms with Crippen LogP contribution in [-0.4, -0.2) is 30.8 Å². The number of aromatic nitrogens is 1. The summed E-state index contributed by atoms with van der Waals surface area (Å²) >= 11 is 4.88. The highest BCUT2D eigenvalue weighted by Gasteiger charge is 2.14. The summed E-state index contributed by atoms with van der Waals surface area (Å²) in [5.41, 5.74) is 1.46. The molecule has 0 bridgehead atoms. The average molecular weight is 435 g/mol. The van der Waals surface area contributed by atoms with Gasteiger partial charge in [0, 0.05) is 17.6 Å². The average Bonchev–Trinajstić information content (AvgIpc) is 2.99. The van der Waals surface area contributed by atoms with E-state index in [4.69, 9.17) is 9.47 Å². The van der Waals surface area contributed by atoms with Crippen LogP contribution in [0.15, 0.2) is 51.9 Å². The summed E-state index contributed by atoms with van der Waals surface area (Å²) in [6, 6.07) is 13.1. The Morgan fingerprint density at radius 1 is 1.23 bits per heavy atom. The number of thiazole rings is 1. The SMILES string of the molecule is CCOCCn1c(=NC(=O)c2ccccc2Br)sc2cccc(OC)c21. The van der Waals surface area contributed by atoms with Gasteiger partial charge in [0.05, 0.1) is 24.0 Å². The lowest BCUT2D eigenvalue weighted by molar-refractivity contribution is 0.0996. The van der Waals surface area contributed by atoms with Crippen LogP contribution in [0.1, 0.15) is 17.3 Å². The Balaban J connectivity index is 2.13. The van der Waals surface area contributed by atoms with Gasteiger partial charge in [-0.1, -0.05) is 29.5 Å². The zero-order valence-corrected chi connectivity index (χ0v) is 17.0. The quantitative estimate of drug-likeness (QED) is 0.544. The number of ether oxygens (including phenoxy) is 2. The van der Waals surface area contributed by atoms with Gasteiger partial charge in [-0.05, 0) is 47.1 Å². The molecule has 0 saturated heterocycles. The predicted octanol–water partition coefficient (Wildman–Crippen LogP) is 4.25. The number of fused-ring (bicyclic) bond motifs is 1. The minimum absolute atomic E-state index is 0.284. The number of methoxy groups -OCH3 is 1. The normalized spacial score (nSPS) is 11.9. The third-order valence-corrected chi connectivity index (χ3v) is 5.58. The lowest BCUT2D eigenvalue weighted by Crippen LogP contribution is -2.20. The Morgan fingerprint density at radius 3 is 2.77 bits per heavy atom. The van der Waals surface area contributed by atoms with Gasteiger partial charge < -0.3 is 14.0 Å². The molecule has 0 N–H and O–H groups in total. The molecule has 0 aliphatic heterocycles. The maximum Gasteiger partial charge on any atom is 0.280 e. The molecule has 26 heavy (non-hydrogen) atoms. The molecule has 1 heterocycles. The van der Waals surface area contributed by atoms with Crippen molar-refractivity contribution in [2.75, 3.05) is 20.3 Å². The second-order valence-electron chi connectivity index (χ2n) is 5.44. The van der Waals surface area contributed by atoms with Gasteiger partial charge in [0.25, 0.3) is 5.91 Å². The van der Waals surface area contributed by atoms with Gasteiger partial charge in [-0.15, -0.1) is 0 Å². The van der Waals surface area contributed by atoms with Crippen molar-refractivity contribution in [3.05, 3.63) is 57.3 Å². The molecule has 3 aromatic rings. The van der Waals surface area contributed by atoms with Gasteiger partial charge in [-0.25, -0.2) is 0 Å². The van der Waals surface area contributed by atoms with Crippen molar-refractivity contribution < 1.29 is 14.3 Å². The fourth-order valence-electron chi connectivity index (χ4n) is 2.64. The van der Waals surface area contributed by atoms with Crippen molar-refractivity contribution in [1.82, 2.24) is 4.57 Å². The Labute approximate surface area is 164 Å². The standard InChI is InChI=1S/C19H19BrN2O3S/c1-3-25-12-11-22-17-15(24-2)9-6-10-16(17)26-19(22)21-18(23)13-7-4-5-8-14(13)20/h4-10H,3,11-12H2,1-2H3. The predicted molar refractivity (Wildman–Crippen MR) is 107 cm³/mol. The molecule has 0 aliphatic rings. The van der Waals surface area contributed by atoms with Crippen LogP contribution in [0.3, 0.4) is 0 Å². The minimum atomic E-state index is -0.284. The Morgan fingerprint density at radius 2 is 2.04 bits per heavy atom. The molecule has 0 radical (unpaired) electrons. The summed E-state index contributed by atoms with van der Waals surface area (Å²) in [7, 11) is 1.64. The number of amides is 1. The van der Waals surface area contributed by atoms with Crippen molar-refractivity contribution in [1.29, 1.82) is 0 Å². The molecular weight excluding hydrogens is 416 g/mol. The topological polar surface area (TPSA) is 52.8 Å². The second-order valence-corrected chi connectivity index (χ2v) is 7.30. The first kappa shape index (κ1) is 18.8. The summed E-state index contributed by atoms with van der Waals surface area (Å²) in [6.07, 6.45) is 0. The van der Waals surface area contributed by atoms with E-state index in [9.17, 15) is 4.79 Å². The lowest BCUT2D eigenvalue weighted by Gasteiger charge is -2.08. The molecule has 0 atom stereocenters. The number of rotatable bonds is 6. The van der Waals surface area contributed by atoms with Crippen LogP contribution >= 0.6 is 27.3 Å². The highest BCUT2D eigenvalue weighted by molar-refractivity contribution is 9.10. The van der Waals surface area contributed by atoms with Crippen molar-refractivity contribution in [2.45, 2.75) is 13.5 Å². The first-order valence-corrected chi connectivity index (χ1v) is 9.84. The van der Waals surface area contributed by atoms with E-state index in [0.717, 1.165) is 20.4 Å². The van der Waals surface area contributed by atoms with Crippen molar-refractivity contribution in [3.63, 3.8) is 0 Å². The molecule has 0 fully saturated rings. The molecule has 7 heteroatoms. The molecule has 3 rings (SSSR count). The highest BCUT2D eigenvalue weighted by atomic mass is 79.9. The molecule has 5 nitrogen and oxygen atoms in total. The van der Waals surface area contributed by atoms with Crippen LogP contribution in [0.4, 0.5) is 0 Å². The van der Waals surface area contributed by atoms with Gasteiger partial charge >= 0.3 is 0 Å². The maximum atomic E-state index is 12.7. The summed E-state index contributed by atoms with van der Waals surface area (Å²) in [5.74, 6) is 0.471. The summed E-state index contributed by atoms with van der Waals surface area (Å²) < 4.78 is 14.7. The molecular formula is C19H19BrN2O3S. The first-order chi connectivity index (χ1) is 12.7. The molecule has 136 valence electrons. The number of halogens is 1. The van der Waals surface area contributed by atoms with Crippen molar-refractivity contribution in [3.8, 4) is 5.75 Å². The zero-order chi connectivity index (χ0) is 18.5. The van der Waals surface area contributed by atoms with E-state index < -0.39 is 0 Å². The summed E-state index contributed by atoms with van der Waals surface area (Å²) in [4.78, 5) is 17.7. The number of nitrogens with zero attached hydrogens (tertiary/aromatic N) is 2. The van der Waals surface area contributed by atoms with E-state index in [0.29, 0.717) is 30.1 Å².